The fraction of sp³-hybridized carbons (Fsp3) is 0.571. The second-order valence-corrected chi connectivity index (χ2v) is 2.74. The first-order valence-corrected chi connectivity index (χ1v) is 2.68. The first-order chi connectivity index (χ1) is 3.56. The third-order valence-corrected chi connectivity index (χ3v) is 0.607. The molecule has 0 amide bonds. The fourth-order valence-electron chi connectivity index (χ4n) is 0.268. The molecule has 0 atom stereocenters. The van der Waals surface area contributed by atoms with Crippen molar-refractivity contribution >= 4 is 0 Å². The van der Waals surface area contributed by atoms with Crippen molar-refractivity contribution in [3.05, 3.63) is 18.5 Å². The van der Waals surface area contributed by atoms with Gasteiger partial charge in [-0.05, 0) is 20.8 Å². The Morgan fingerprint density at radius 2 is 2.00 bits per heavy atom. The number of hydrogen-bond acceptors (Lipinski definition) is 1. The minimum Gasteiger partial charge on any atom is -0.380 e. The first-order valence-electron chi connectivity index (χ1n) is 2.68. The molecule has 0 spiro atoms. The Balaban J connectivity index is 3.55. The van der Waals surface area contributed by atoms with Crippen molar-refractivity contribution in [1.82, 2.24) is 5.32 Å². The van der Waals surface area contributed by atoms with Gasteiger partial charge in [-0.2, -0.15) is 0 Å². The molecule has 0 aliphatic rings. The summed E-state index contributed by atoms with van der Waals surface area (Å²) < 4.78 is 0. The van der Waals surface area contributed by atoms with Gasteiger partial charge >= 0.3 is 0 Å². The summed E-state index contributed by atoms with van der Waals surface area (Å²) in [5.41, 5.74) is 2.78. The summed E-state index contributed by atoms with van der Waals surface area (Å²) in [7, 11) is 0. The van der Waals surface area contributed by atoms with Crippen molar-refractivity contribution in [3.63, 3.8) is 0 Å². The van der Waals surface area contributed by atoms with Crippen LogP contribution in [-0.4, -0.2) is 5.54 Å². The zero-order valence-electron chi connectivity index (χ0n) is 5.78. The number of rotatable bonds is 1. The van der Waals surface area contributed by atoms with Gasteiger partial charge in [0.15, 0.2) is 0 Å². The van der Waals surface area contributed by atoms with Crippen LogP contribution in [0.1, 0.15) is 20.8 Å². The second-order valence-electron chi connectivity index (χ2n) is 2.74. The zero-order valence-corrected chi connectivity index (χ0v) is 5.78. The van der Waals surface area contributed by atoms with E-state index in [1.165, 1.54) is 0 Å². The molecular weight excluding hydrogens is 98.1 g/mol. The quantitative estimate of drug-likeness (QED) is 0.507. The Morgan fingerprint density at radius 3 is 2.12 bits per heavy atom. The van der Waals surface area contributed by atoms with E-state index in [1.54, 1.807) is 6.20 Å². The van der Waals surface area contributed by atoms with Gasteiger partial charge in [-0.1, -0.05) is 6.58 Å². The van der Waals surface area contributed by atoms with Crippen molar-refractivity contribution < 1.29 is 0 Å². The maximum atomic E-state index is 3.42. The molecule has 8 heavy (non-hydrogen) atoms. The lowest BCUT2D eigenvalue weighted by Crippen LogP contribution is -2.30. The van der Waals surface area contributed by atoms with Crippen LogP contribution in [0.25, 0.3) is 0 Å². The fourth-order valence-corrected chi connectivity index (χ4v) is 0.268. The maximum absolute atomic E-state index is 3.42. The van der Waals surface area contributed by atoms with Crippen molar-refractivity contribution in [2.45, 2.75) is 26.3 Å². The van der Waals surface area contributed by atoms with E-state index in [0.717, 1.165) is 0 Å². The minimum absolute atomic E-state index is 0.144. The van der Waals surface area contributed by atoms with E-state index in [1.807, 2.05) is 0 Å². The van der Waals surface area contributed by atoms with E-state index in [2.05, 4.69) is 38.4 Å². The second kappa shape index (κ2) is 2.58. The summed E-state index contributed by atoms with van der Waals surface area (Å²) in [6.07, 6.45) is 1.72. The van der Waals surface area contributed by atoms with E-state index in [0.29, 0.717) is 0 Å². The number of nitrogens with one attached hydrogen (secondary N) is 1. The van der Waals surface area contributed by atoms with Gasteiger partial charge in [-0.15, -0.1) is 5.73 Å². The molecule has 0 saturated heterocycles. The number of hydrogen-bond donors (Lipinski definition) is 1. The van der Waals surface area contributed by atoms with Crippen LogP contribution in [0.15, 0.2) is 18.5 Å². The first kappa shape index (κ1) is 7.32. The van der Waals surface area contributed by atoms with E-state index in [9.17, 15) is 0 Å². The summed E-state index contributed by atoms with van der Waals surface area (Å²) >= 11 is 0. The van der Waals surface area contributed by atoms with Crippen molar-refractivity contribution in [3.8, 4) is 0 Å². The molecule has 0 aromatic carbocycles. The van der Waals surface area contributed by atoms with Crippen LogP contribution >= 0.6 is 0 Å². The molecule has 0 unspecified atom stereocenters. The monoisotopic (exact) mass is 111 g/mol. The Labute approximate surface area is 51.1 Å². The normalized spacial score (nSPS) is 9.88. The van der Waals surface area contributed by atoms with Gasteiger partial charge in [0.2, 0.25) is 0 Å². The maximum Gasteiger partial charge on any atom is 0.0395 e. The van der Waals surface area contributed by atoms with Crippen molar-refractivity contribution in [2.75, 3.05) is 0 Å². The smallest absolute Gasteiger partial charge is 0.0395 e. The Kier molecular flexibility index (Phi) is 2.36. The average Bonchev–Trinajstić information content (AvgIpc) is 1.59. The van der Waals surface area contributed by atoms with Crippen molar-refractivity contribution in [1.29, 1.82) is 0 Å². The van der Waals surface area contributed by atoms with Gasteiger partial charge in [-0.25, -0.2) is 0 Å². The highest BCUT2D eigenvalue weighted by Crippen LogP contribution is 1.96. The standard InChI is InChI=1S/C7H13N/c1-5-6-8-7(2,3)4/h6,8H,1H2,2-4H3. The van der Waals surface area contributed by atoms with Crippen LogP contribution in [0.3, 0.4) is 0 Å². The molecule has 1 N–H and O–H groups in total. The lowest BCUT2D eigenvalue weighted by atomic mass is 10.1. The highest BCUT2D eigenvalue weighted by molar-refractivity contribution is 4.81. The van der Waals surface area contributed by atoms with Crippen LogP contribution < -0.4 is 5.32 Å². The Morgan fingerprint density at radius 1 is 1.50 bits per heavy atom. The van der Waals surface area contributed by atoms with Crippen LogP contribution in [0.5, 0.6) is 0 Å². The molecule has 0 aliphatic carbocycles. The van der Waals surface area contributed by atoms with Crippen LogP contribution in [0.2, 0.25) is 0 Å². The predicted octanol–water partition coefficient (Wildman–Crippen LogP) is 1.67. The minimum atomic E-state index is 0.144. The van der Waals surface area contributed by atoms with E-state index >= 15 is 0 Å². The molecule has 0 fully saturated rings. The summed E-state index contributed by atoms with van der Waals surface area (Å²) in [6.45, 7) is 9.67. The molecule has 46 valence electrons. The lowest BCUT2D eigenvalue weighted by molar-refractivity contribution is 0.491. The third-order valence-electron chi connectivity index (χ3n) is 0.607. The largest absolute Gasteiger partial charge is 0.380 e. The van der Waals surface area contributed by atoms with Crippen LogP contribution in [0.4, 0.5) is 0 Å². The van der Waals surface area contributed by atoms with E-state index in [4.69, 9.17) is 0 Å². The summed E-state index contributed by atoms with van der Waals surface area (Å²) in [5.74, 6) is 0. The van der Waals surface area contributed by atoms with Crippen LogP contribution in [-0.2, 0) is 0 Å². The molecule has 0 saturated carbocycles. The molecule has 1 nitrogen and oxygen atoms in total. The molecule has 0 aromatic heterocycles. The van der Waals surface area contributed by atoms with E-state index < -0.39 is 0 Å². The van der Waals surface area contributed by atoms with Gasteiger partial charge in [0, 0.05) is 11.7 Å². The van der Waals surface area contributed by atoms with Gasteiger partial charge in [0.1, 0.15) is 0 Å². The molecule has 0 heterocycles. The lowest BCUT2D eigenvalue weighted by Gasteiger charge is -2.17. The topological polar surface area (TPSA) is 12.0 Å². The zero-order chi connectivity index (χ0) is 6.62. The van der Waals surface area contributed by atoms with Crippen molar-refractivity contribution in [2.24, 2.45) is 0 Å². The van der Waals surface area contributed by atoms with Gasteiger partial charge in [-0.3, -0.25) is 0 Å². The average molecular weight is 111 g/mol. The van der Waals surface area contributed by atoms with E-state index in [-0.39, 0.29) is 5.54 Å². The Bertz CT molecular complexity index is 102. The highest BCUT2D eigenvalue weighted by atomic mass is 14.9. The van der Waals surface area contributed by atoms with Gasteiger partial charge < -0.3 is 5.32 Å². The molecule has 0 aromatic rings. The molecule has 0 bridgehead atoms. The summed E-state index contributed by atoms with van der Waals surface area (Å²) in [6, 6.07) is 0. The molecular formula is C7H13N. The van der Waals surface area contributed by atoms with Crippen LogP contribution in [0, 0.1) is 0 Å². The SMILES string of the molecule is C=C=CNC(C)(C)C. The molecule has 0 radical (unpaired) electrons. The highest BCUT2D eigenvalue weighted by Gasteiger charge is 2.03. The molecule has 0 rings (SSSR count). The summed E-state index contributed by atoms with van der Waals surface area (Å²) in [4.78, 5) is 0. The van der Waals surface area contributed by atoms with Gasteiger partial charge in [0.05, 0.1) is 0 Å². The molecule has 1 heteroatoms. The predicted molar refractivity (Wildman–Crippen MR) is 36.6 cm³/mol. The molecule has 0 aliphatic heterocycles. The van der Waals surface area contributed by atoms with Gasteiger partial charge in [0.25, 0.3) is 0 Å². The third kappa shape index (κ3) is 5.32. The Hall–Kier alpha value is -0.680. The summed E-state index contributed by atoms with van der Waals surface area (Å²) in [5, 5.41) is 3.07.